The molecule has 0 aromatic heterocycles. The van der Waals surface area contributed by atoms with Crippen LogP contribution in [0.5, 0.6) is 0 Å². The molecule has 1 unspecified atom stereocenters. The highest BCUT2D eigenvalue weighted by atomic mass is 32.2. The van der Waals surface area contributed by atoms with Gasteiger partial charge in [0, 0.05) is 11.4 Å². The van der Waals surface area contributed by atoms with Crippen LogP contribution in [0.2, 0.25) is 0 Å². The summed E-state index contributed by atoms with van der Waals surface area (Å²) in [6, 6.07) is 11.8. The molecule has 0 heterocycles. The van der Waals surface area contributed by atoms with E-state index < -0.39 is 22.5 Å². The fourth-order valence-electron chi connectivity index (χ4n) is 1.94. The molecule has 0 aliphatic carbocycles. The zero-order valence-electron chi connectivity index (χ0n) is 11.1. The van der Waals surface area contributed by atoms with Crippen molar-refractivity contribution in [2.24, 2.45) is 5.73 Å². The minimum Gasteiger partial charge on any atom is -0.326 e. The molecule has 2 rings (SSSR count). The summed E-state index contributed by atoms with van der Waals surface area (Å²) in [7, 11) is -1.55. The predicted molar refractivity (Wildman–Crippen MR) is 75.9 cm³/mol. The van der Waals surface area contributed by atoms with Crippen LogP contribution in [0.4, 0.5) is 13.2 Å². The lowest BCUT2D eigenvalue weighted by Gasteiger charge is -2.10. The van der Waals surface area contributed by atoms with Crippen LogP contribution in [-0.2, 0) is 29.3 Å². The second kappa shape index (κ2) is 6.41. The van der Waals surface area contributed by atoms with Crippen LogP contribution < -0.4 is 5.73 Å². The third-order valence-electron chi connectivity index (χ3n) is 3.05. The van der Waals surface area contributed by atoms with Gasteiger partial charge in [-0.05, 0) is 29.3 Å². The van der Waals surface area contributed by atoms with E-state index in [0.717, 1.165) is 23.3 Å². The Balaban J connectivity index is 2.25. The molecule has 0 radical (unpaired) electrons. The van der Waals surface area contributed by atoms with Crippen LogP contribution in [0.25, 0.3) is 0 Å². The highest BCUT2D eigenvalue weighted by molar-refractivity contribution is 7.84. The molecule has 0 spiro atoms. The van der Waals surface area contributed by atoms with Crippen LogP contribution in [-0.4, -0.2) is 4.21 Å². The van der Waals surface area contributed by atoms with Crippen LogP contribution in [0.3, 0.4) is 0 Å². The van der Waals surface area contributed by atoms with Gasteiger partial charge in [0.1, 0.15) is 0 Å². The summed E-state index contributed by atoms with van der Waals surface area (Å²) in [5, 5.41) is 0. The van der Waals surface area contributed by atoms with E-state index in [1.165, 1.54) is 12.1 Å². The summed E-state index contributed by atoms with van der Waals surface area (Å²) in [5.41, 5.74) is 6.44. The molecule has 0 saturated carbocycles. The van der Waals surface area contributed by atoms with Crippen LogP contribution in [0.1, 0.15) is 16.7 Å². The van der Waals surface area contributed by atoms with Crippen molar-refractivity contribution < 1.29 is 17.4 Å². The zero-order chi connectivity index (χ0) is 15.5. The zero-order valence-corrected chi connectivity index (χ0v) is 11.9. The van der Waals surface area contributed by atoms with Gasteiger partial charge >= 0.3 is 6.18 Å². The molecule has 2 aromatic carbocycles. The second-order valence-electron chi connectivity index (χ2n) is 4.49. The predicted octanol–water partition coefficient (Wildman–Crippen LogP) is 3.47. The molecule has 0 saturated heterocycles. The minimum absolute atomic E-state index is 0.148. The number of nitrogens with two attached hydrogens (primary N) is 1. The standard InChI is InChI=1S/C15H14F3NOS/c16-15(17,18)13-6-3-7-14(8-13)21(20)10-12-5-2-1-4-11(12)9-19/h1-8H,9-10,19H2. The molecule has 2 nitrogen and oxygen atoms in total. The van der Waals surface area contributed by atoms with Crippen LogP contribution >= 0.6 is 0 Å². The van der Waals surface area contributed by atoms with E-state index in [4.69, 9.17) is 5.73 Å². The van der Waals surface area contributed by atoms with Gasteiger partial charge in [-0.1, -0.05) is 30.3 Å². The lowest BCUT2D eigenvalue weighted by atomic mass is 10.1. The molecule has 0 aliphatic heterocycles. The normalized spacial score (nSPS) is 13.1. The summed E-state index contributed by atoms with van der Waals surface area (Å²) >= 11 is 0. The first kappa shape index (κ1) is 15.7. The van der Waals surface area contributed by atoms with Gasteiger partial charge in [0.2, 0.25) is 0 Å². The number of rotatable bonds is 4. The number of hydrogen-bond acceptors (Lipinski definition) is 2. The summed E-state index contributed by atoms with van der Waals surface area (Å²) in [6.07, 6.45) is -4.44. The number of alkyl halides is 3. The minimum atomic E-state index is -4.44. The average molecular weight is 313 g/mol. The van der Waals surface area contributed by atoms with Crippen molar-refractivity contribution in [3.8, 4) is 0 Å². The summed E-state index contributed by atoms with van der Waals surface area (Å²) < 4.78 is 50.2. The van der Waals surface area contributed by atoms with Crippen molar-refractivity contribution in [3.05, 3.63) is 65.2 Å². The van der Waals surface area contributed by atoms with Gasteiger partial charge in [0.15, 0.2) is 0 Å². The Labute approximate surface area is 123 Å². The van der Waals surface area contributed by atoms with E-state index >= 15 is 0 Å². The third kappa shape index (κ3) is 3.92. The van der Waals surface area contributed by atoms with Gasteiger partial charge in [0.05, 0.1) is 22.1 Å². The molecular formula is C15H14F3NOS. The van der Waals surface area contributed by atoms with Gasteiger partial charge in [-0.2, -0.15) is 13.2 Å². The SMILES string of the molecule is NCc1ccccc1CS(=O)c1cccc(C(F)(F)F)c1. The first-order valence-corrected chi connectivity index (χ1v) is 7.56. The Morgan fingerprint density at radius 2 is 1.67 bits per heavy atom. The molecule has 0 fully saturated rings. The fourth-order valence-corrected chi connectivity index (χ4v) is 3.16. The topological polar surface area (TPSA) is 43.1 Å². The Morgan fingerprint density at radius 3 is 2.29 bits per heavy atom. The quantitative estimate of drug-likeness (QED) is 0.939. The summed E-state index contributed by atoms with van der Waals surface area (Å²) in [4.78, 5) is 0.164. The molecule has 1 atom stereocenters. The third-order valence-corrected chi connectivity index (χ3v) is 4.40. The second-order valence-corrected chi connectivity index (χ2v) is 5.94. The van der Waals surface area contributed by atoms with Crippen molar-refractivity contribution in [2.75, 3.05) is 0 Å². The Bertz CT molecular complexity index is 655. The number of hydrogen-bond donors (Lipinski definition) is 1. The monoisotopic (exact) mass is 313 g/mol. The van der Waals surface area contributed by atoms with Crippen LogP contribution in [0, 0.1) is 0 Å². The molecule has 0 amide bonds. The summed E-state index contributed by atoms with van der Waals surface area (Å²) in [5.74, 6) is 0.148. The Morgan fingerprint density at radius 1 is 1.00 bits per heavy atom. The highest BCUT2D eigenvalue weighted by Gasteiger charge is 2.30. The van der Waals surface area contributed by atoms with Gasteiger partial charge < -0.3 is 5.73 Å². The number of halogens is 3. The molecule has 6 heteroatoms. The smallest absolute Gasteiger partial charge is 0.326 e. The van der Waals surface area contributed by atoms with E-state index in [0.29, 0.717) is 6.54 Å². The molecule has 2 aromatic rings. The first-order valence-electron chi connectivity index (χ1n) is 6.24. The maximum Gasteiger partial charge on any atom is 0.416 e. The van der Waals surface area contributed by atoms with E-state index in [9.17, 15) is 17.4 Å². The average Bonchev–Trinajstić information content (AvgIpc) is 2.47. The van der Waals surface area contributed by atoms with Gasteiger partial charge in [0.25, 0.3) is 0 Å². The van der Waals surface area contributed by atoms with E-state index in [1.807, 2.05) is 12.1 Å². The van der Waals surface area contributed by atoms with E-state index in [-0.39, 0.29) is 10.6 Å². The Hall–Kier alpha value is -1.66. The lowest BCUT2D eigenvalue weighted by molar-refractivity contribution is -0.137. The Kier molecular flexibility index (Phi) is 4.80. The fraction of sp³-hybridized carbons (Fsp3) is 0.200. The first-order chi connectivity index (χ1) is 9.91. The molecule has 2 N–H and O–H groups in total. The van der Waals surface area contributed by atoms with Crippen molar-refractivity contribution in [2.45, 2.75) is 23.4 Å². The van der Waals surface area contributed by atoms with Gasteiger partial charge in [-0.25, -0.2) is 0 Å². The van der Waals surface area contributed by atoms with Gasteiger partial charge in [-0.3, -0.25) is 4.21 Å². The largest absolute Gasteiger partial charge is 0.416 e. The van der Waals surface area contributed by atoms with E-state index in [1.54, 1.807) is 12.1 Å². The van der Waals surface area contributed by atoms with Crippen LogP contribution in [0.15, 0.2) is 53.4 Å². The molecular weight excluding hydrogens is 299 g/mol. The molecule has 112 valence electrons. The van der Waals surface area contributed by atoms with Crippen molar-refractivity contribution >= 4 is 10.8 Å². The van der Waals surface area contributed by atoms with Gasteiger partial charge in [-0.15, -0.1) is 0 Å². The summed E-state index contributed by atoms with van der Waals surface area (Å²) in [6.45, 7) is 0.302. The molecule has 21 heavy (non-hydrogen) atoms. The maximum atomic E-state index is 12.7. The highest BCUT2D eigenvalue weighted by Crippen LogP contribution is 2.30. The maximum absolute atomic E-state index is 12.7. The molecule has 0 aliphatic rings. The molecule has 0 bridgehead atoms. The van der Waals surface area contributed by atoms with Crippen molar-refractivity contribution in [1.82, 2.24) is 0 Å². The number of benzene rings is 2. The van der Waals surface area contributed by atoms with Crippen molar-refractivity contribution in [1.29, 1.82) is 0 Å². The lowest BCUT2D eigenvalue weighted by Crippen LogP contribution is -2.07. The van der Waals surface area contributed by atoms with E-state index in [2.05, 4.69) is 0 Å². The van der Waals surface area contributed by atoms with Crippen molar-refractivity contribution in [3.63, 3.8) is 0 Å².